The lowest BCUT2D eigenvalue weighted by Crippen LogP contribution is -2.60. The number of hydrogen-bond donors (Lipinski definition) is 0. The maximum absolute atomic E-state index is 11.6. The summed E-state index contributed by atoms with van der Waals surface area (Å²) in [4.78, 5) is 13.6. The van der Waals surface area contributed by atoms with E-state index in [2.05, 4.69) is 6.92 Å². The van der Waals surface area contributed by atoms with Gasteiger partial charge in [-0.1, -0.05) is 6.92 Å². The molecule has 2 aliphatic heterocycles. The van der Waals surface area contributed by atoms with Crippen LogP contribution in [0.2, 0.25) is 0 Å². The van der Waals surface area contributed by atoms with Gasteiger partial charge in [0.15, 0.2) is 0 Å². The van der Waals surface area contributed by atoms with Crippen molar-refractivity contribution in [3.8, 4) is 0 Å². The molecule has 0 aliphatic carbocycles. The van der Waals surface area contributed by atoms with E-state index in [-0.39, 0.29) is 0 Å². The predicted octanol–water partition coefficient (Wildman–Crippen LogP) is 1.52. The first-order chi connectivity index (χ1) is 7.19. The van der Waals surface area contributed by atoms with Gasteiger partial charge < -0.3 is 9.64 Å². The number of carbonyl (C=O) groups is 1. The van der Waals surface area contributed by atoms with E-state index in [1.54, 1.807) is 7.11 Å². The number of nitrogens with zero attached hydrogens (tertiary/aromatic N) is 1. The molecular weight excluding hydrogens is 210 g/mol. The van der Waals surface area contributed by atoms with Gasteiger partial charge in [0.25, 0.3) is 0 Å². The molecule has 0 unspecified atom stereocenters. The van der Waals surface area contributed by atoms with Crippen molar-refractivity contribution in [3.63, 3.8) is 0 Å². The Kier molecular flexibility index (Phi) is 3.26. The fraction of sp³-hybridized carbons (Fsp3) is 0.909. The number of thioether (sulfide) groups is 1. The summed E-state index contributed by atoms with van der Waals surface area (Å²) >= 11 is 1.98. The van der Waals surface area contributed by atoms with Gasteiger partial charge in [-0.25, -0.2) is 0 Å². The molecule has 4 heteroatoms. The maximum atomic E-state index is 11.6. The molecule has 1 amide bonds. The minimum atomic E-state index is 0.324. The molecule has 86 valence electrons. The maximum Gasteiger partial charge on any atom is 0.222 e. The molecule has 0 saturated carbocycles. The largest absolute Gasteiger partial charge is 0.381 e. The SMILES string of the molecule is CCCC(=O)N1CC2(C[C@H](OC)CS2)C1. The summed E-state index contributed by atoms with van der Waals surface area (Å²) in [7, 11) is 1.78. The number of ether oxygens (including phenoxy) is 1. The van der Waals surface area contributed by atoms with Crippen molar-refractivity contribution in [2.24, 2.45) is 0 Å². The van der Waals surface area contributed by atoms with Crippen molar-refractivity contribution >= 4 is 17.7 Å². The van der Waals surface area contributed by atoms with Gasteiger partial charge in [-0.3, -0.25) is 4.79 Å². The fourth-order valence-electron chi connectivity index (χ4n) is 2.37. The minimum Gasteiger partial charge on any atom is -0.381 e. The Labute approximate surface area is 95.5 Å². The molecule has 0 N–H and O–H groups in total. The molecule has 1 atom stereocenters. The summed E-state index contributed by atoms with van der Waals surface area (Å²) in [6, 6.07) is 0. The molecule has 3 nitrogen and oxygen atoms in total. The number of carbonyl (C=O) groups excluding carboxylic acids is 1. The van der Waals surface area contributed by atoms with Gasteiger partial charge in [-0.15, -0.1) is 11.8 Å². The lowest BCUT2D eigenvalue weighted by molar-refractivity contribution is -0.136. The number of hydrogen-bond acceptors (Lipinski definition) is 3. The molecule has 0 aromatic carbocycles. The second-order valence-corrected chi connectivity index (χ2v) is 6.04. The lowest BCUT2D eigenvalue weighted by Gasteiger charge is -2.47. The Bertz CT molecular complexity index is 251. The first-order valence-corrected chi connectivity index (χ1v) is 6.62. The predicted molar refractivity (Wildman–Crippen MR) is 62.1 cm³/mol. The zero-order valence-electron chi connectivity index (χ0n) is 9.49. The molecule has 2 aliphatic rings. The Morgan fingerprint density at radius 2 is 2.33 bits per heavy atom. The molecule has 0 radical (unpaired) electrons. The summed E-state index contributed by atoms with van der Waals surface area (Å²) in [6.07, 6.45) is 3.17. The Morgan fingerprint density at radius 3 is 2.87 bits per heavy atom. The van der Waals surface area contributed by atoms with Crippen LogP contribution >= 0.6 is 11.8 Å². The van der Waals surface area contributed by atoms with Crippen LogP contribution in [0.25, 0.3) is 0 Å². The van der Waals surface area contributed by atoms with Crippen LogP contribution in [0.15, 0.2) is 0 Å². The third-order valence-electron chi connectivity index (χ3n) is 3.28. The quantitative estimate of drug-likeness (QED) is 0.735. The van der Waals surface area contributed by atoms with E-state index < -0.39 is 0 Å². The highest BCUT2D eigenvalue weighted by Gasteiger charge is 2.50. The Balaban J connectivity index is 1.80. The van der Waals surface area contributed by atoms with Gasteiger partial charge in [-0.2, -0.15) is 0 Å². The normalized spacial score (nSPS) is 28.1. The molecule has 1 spiro atoms. The molecular formula is C11H19NO2S. The molecule has 0 aromatic rings. The summed E-state index contributed by atoms with van der Waals surface area (Å²) in [5, 5.41) is 0. The van der Waals surface area contributed by atoms with Crippen LogP contribution in [-0.2, 0) is 9.53 Å². The number of amides is 1. The molecule has 2 saturated heterocycles. The lowest BCUT2D eigenvalue weighted by atomic mass is 9.92. The highest BCUT2D eigenvalue weighted by Crippen LogP contribution is 2.45. The molecule has 0 bridgehead atoms. The van der Waals surface area contributed by atoms with Crippen molar-refractivity contribution in [2.75, 3.05) is 26.0 Å². The van der Waals surface area contributed by atoms with Crippen LogP contribution in [0, 0.1) is 0 Å². The van der Waals surface area contributed by atoms with Gasteiger partial charge >= 0.3 is 0 Å². The van der Waals surface area contributed by atoms with E-state index in [0.29, 0.717) is 23.2 Å². The summed E-state index contributed by atoms with van der Waals surface area (Å²) < 4.78 is 5.70. The van der Waals surface area contributed by atoms with E-state index in [1.165, 1.54) is 0 Å². The zero-order valence-corrected chi connectivity index (χ0v) is 10.3. The van der Waals surface area contributed by atoms with Crippen LogP contribution in [-0.4, -0.2) is 47.6 Å². The van der Waals surface area contributed by atoms with E-state index >= 15 is 0 Å². The third kappa shape index (κ3) is 2.16. The Morgan fingerprint density at radius 1 is 1.60 bits per heavy atom. The smallest absolute Gasteiger partial charge is 0.222 e. The standard InChI is InChI=1S/C11H19NO2S/c1-3-4-10(13)12-7-11(8-12)5-9(14-2)6-15-11/h9H,3-8H2,1-2H3/t9-/m0/s1. The fourth-order valence-corrected chi connectivity index (χ4v) is 3.96. The van der Waals surface area contributed by atoms with Crippen molar-refractivity contribution in [1.29, 1.82) is 0 Å². The van der Waals surface area contributed by atoms with Gasteiger partial charge in [0.05, 0.1) is 10.9 Å². The molecule has 0 aromatic heterocycles. The van der Waals surface area contributed by atoms with Crippen LogP contribution in [0.5, 0.6) is 0 Å². The van der Waals surface area contributed by atoms with E-state index in [4.69, 9.17) is 4.74 Å². The van der Waals surface area contributed by atoms with Crippen LogP contribution in [0.4, 0.5) is 0 Å². The second kappa shape index (κ2) is 4.34. The first kappa shape index (κ1) is 11.3. The number of likely N-dealkylation sites (tertiary alicyclic amines) is 1. The second-order valence-electron chi connectivity index (χ2n) is 4.56. The average molecular weight is 229 g/mol. The topological polar surface area (TPSA) is 29.5 Å². The Hall–Kier alpha value is -0.220. The van der Waals surface area contributed by atoms with E-state index in [0.717, 1.165) is 31.7 Å². The monoisotopic (exact) mass is 229 g/mol. The molecule has 2 heterocycles. The van der Waals surface area contributed by atoms with E-state index in [9.17, 15) is 4.79 Å². The van der Waals surface area contributed by atoms with Gasteiger partial charge in [0, 0.05) is 32.4 Å². The average Bonchev–Trinajstić information content (AvgIpc) is 2.59. The third-order valence-corrected chi connectivity index (χ3v) is 4.86. The molecule has 2 rings (SSSR count). The summed E-state index contributed by atoms with van der Waals surface area (Å²) in [5.74, 6) is 1.41. The summed E-state index contributed by atoms with van der Waals surface area (Å²) in [6.45, 7) is 3.94. The van der Waals surface area contributed by atoms with Gasteiger partial charge in [0.2, 0.25) is 5.91 Å². The van der Waals surface area contributed by atoms with Crippen LogP contribution in [0.1, 0.15) is 26.2 Å². The number of rotatable bonds is 3. The van der Waals surface area contributed by atoms with Crippen molar-refractivity contribution in [3.05, 3.63) is 0 Å². The zero-order chi connectivity index (χ0) is 10.9. The highest BCUT2D eigenvalue weighted by molar-refractivity contribution is 8.01. The van der Waals surface area contributed by atoms with Crippen LogP contribution < -0.4 is 0 Å². The summed E-state index contributed by atoms with van der Waals surface area (Å²) in [5.41, 5.74) is 0. The van der Waals surface area contributed by atoms with Crippen molar-refractivity contribution in [1.82, 2.24) is 4.90 Å². The minimum absolute atomic E-state index is 0.324. The van der Waals surface area contributed by atoms with Crippen molar-refractivity contribution in [2.45, 2.75) is 37.0 Å². The van der Waals surface area contributed by atoms with Gasteiger partial charge in [0.1, 0.15) is 0 Å². The number of methoxy groups -OCH3 is 1. The van der Waals surface area contributed by atoms with Crippen molar-refractivity contribution < 1.29 is 9.53 Å². The first-order valence-electron chi connectivity index (χ1n) is 5.63. The van der Waals surface area contributed by atoms with Gasteiger partial charge in [-0.05, 0) is 12.8 Å². The molecule has 15 heavy (non-hydrogen) atoms. The highest BCUT2D eigenvalue weighted by atomic mass is 32.2. The van der Waals surface area contributed by atoms with E-state index in [1.807, 2.05) is 16.7 Å². The molecule has 2 fully saturated rings. The van der Waals surface area contributed by atoms with Crippen LogP contribution in [0.3, 0.4) is 0 Å².